The first kappa shape index (κ1) is 24.6. The highest BCUT2D eigenvalue weighted by Crippen LogP contribution is 2.25. The van der Waals surface area contributed by atoms with E-state index in [9.17, 15) is 0 Å². The van der Waals surface area contributed by atoms with Gasteiger partial charge in [0.2, 0.25) is 0 Å². The van der Waals surface area contributed by atoms with Gasteiger partial charge in [-0.1, -0.05) is 26.8 Å². The van der Waals surface area contributed by atoms with Crippen molar-refractivity contribution in [2.75, 3.05) is 32.7 Å². The average Bonchev–Trinajstić information content (AvgIpc) is 3.12. The standard InChI is InChI=1S/C20H30N4O2S.HI/c1-20(2,3)18-23-16(14-27-18)13-22-19(21-4)24-15-8-6-9-17(12-15)26-11-7-10-25-5;/h6,8-9,12,14H,7,10-11,13H2,1-5H3,(H2,21,22,24);1H. The van der Waals surface area contributed by atoms with E-state index in [0.717, 1.165) is 28.6 Å². The fraction of sp³-hybridized carbons (Fsp3) is 0.500. The Morgan fingerprint density at radius 2 is 2.04 bits per heavy atom. The molecule has 28 heavy (non-hydrogen) atoms. The number of methoxy groups -OCH3 is 1. The summed E-state index contributed by atoms with van der Waals surface area (Å²) in [6.07, 6.45) is 0.863. The van der Waals surface area contributed by atoms with Gasteiger partial charge in [0.25, 0.3) is 0 Å². The number of hydrogen-bond acceptors (Lipinski definition) is 5. The van der Waals surface area contributed by atoms with Crippen LogP contribution in [-0.2, 0) is 16.7 Å². The monoisotopic (exact) mass is 518 g/mol. The molecular formula is C20H31IN4O2S. The maximum absolute atomic E-state index is 5.74. The third-order valence-electron chi connectivity index (χ3n) is 3.71. The lowest BCUT2D eigenvalue weighted by Gasteiger charge is -2.14. The van der Waals surface area contributed by atoms with Gasteiger partial charge in [-0.3, -0.25) is 4.99 Å². The van der Waals surface area contributed by atoms with Gasteiger partial charge < -0.3 is 20.1 Å². The second kappa shape index (κ2) is 12.2. The van der Waals surface area contributed by atoms with Crippen LogP contribution >= 0.6 is 35.3 Å². The van der Waals surface area contributed by atoms with Crippen LogP contribution in [0.1, 0.15) is 37.9 Å². The van der Waals surface area contributed by atoms with Crippen molar-refractivity contribution in [2.45, 2.75) is 39.2 Å². The third kappa shape index (κ3) is 8.32. The molecule has 2 aromatic rings. The molecule has 0 spiro atoms. The molecule has 0 aliphatic carbocycles. The number of benzene rings is 1. The Hall–Kier alpha value is -1.39. The number of thiazole rings is 1. The van der Waals surface area contributed by atoms with Crippen molar-refractivity contribution in [2.24, 2.45) is 4.99 Å². The van der Waals surface area contributed by atoms with Crippen LogP contribution < -0.4 is 15.4 Å². The Morgan fingerprint density at radius 1 is 1.25 bits per heavy atom. The van der Waals surface area contributed by atoms with Crippen molar-refractivity contribution in [1.82, 2.24) is 10.3 Å². The van der Waals surface area contributed by atoms with Crippen LogP contribution in [0.5, 0.6) is 5.75 Å². The fourth-order valence-corrected chi connectivity index (χ4v) is 3.19. The van der Waals surface area contributed by atoms with Crippen LogP contribution in [0.25, 0.3) is 0 Å². The molecule has 2 N–H and O–H groups in total. The second-order valence-corrected chi connectivity index (χ2v) is 8.03. The number of aliphatic imine (C=N–C) groups is 1. The van der Waals surface area contributed by atoms with Gasteiger partial charge in [-0.15, -0.1) is 35.3 Å². The summed E-state index contributed by atoms with van der Waals surface area (Å²) in [7, 11) is 3.45. The van der Waals surface area contributed by atoms with Crippen LogP contribution in [0.15, 0.2) is 34.6 Å². The summed E-state index contributed by atoms with van der Waals surface area (Å²) in [5, 5.41) is 9.82. The number of guanidine groups is 1. The van der Waals surface area contributed by atoms with Crippen molar-refractivity contribution >= 4 is 47.0 Å². The molecule has 0 saturated heterocycles. The van der Waals surface area contributed by atoms with E-state index in [4.69, 9.17) is 14.5 Å². The lowest BCUT2D eigenvalue weighted by molar-refractivity contribution is 0.172. The molecule has 8 heteroatoms. The van der Waals surface area contributed by atoms with Crippen LogP contribution in [0.4, 0.5) is 5.69 Å². The van der Waals surface area contributed by atoms with Crippen LogP contribution in [0.2, 0.25) is 0 Å². The van der Waals surface area contributed by atoms with E-state index in [2.05, 4.69) is 41.8 Å². The molecule has 0 aliphatic rings. The van der Waals surface area contributed by atoms with Crippen molar-refractivity contribution < 1.29 is 9.47 Å². The molecule has 156 valence electrons. The molecule has 0 radical (unpaired) electrons. The van der Waals surface area contributed by atoms with Crippen molar-refractivity contribution in [1.29, 1.82) is 0 Å². The summed E-state index contributed by atoms with van der Waals surface area (Å²) in [5.74, 6) is 1.51. The Labute approximate surface area is 189 Å². The van der Waals surface area contributed by atoms with Gasteiger partial charge >= 0.3 is 0 Å². The number of anilines is 1. The van der Waals surface area contributed by atoms with Gasteiger partial charge in [-0.2, -0.15) is 0 Å². The third-order valence-corrected chi connectivity index (χ3v) is 5.03. The number of aromatic nitrogens is 1. The normalized spacial score (nSPS) is 11.7. The predicted octanol–water partition coefficient (Wildman–Crippen LogP) is 4.66. The quantitative estimate of drug-likeness (QED) is 0.230. The summed E-state index contributed by atoms with van der Waals surface area (Å²) in [5.41, 5.74) is 2.01. The van der Waals surface area contributed by atoms with Crippen LogP contribution in [0, 0.1) is 0 Å². The number of halogens is 1. The van der Waals surface area contributed by atoms with E-state index in [0.29, 0.717) is 25.7 Å². The number of nitrogens with one attached hydrogen (secondary N) is 2. The Morgan fingerprint density at radius 3 is 2.68 bits per heavy atom. The molecule has 1 aromatic carbocycles. The molecule has 0 unspecified atom stereocenters. The first-order chi connectivity index (χ1) is 12.9. The highest BCUT2D eigenvalue weighted by molar-refractivity contribution is 14.0. The molecule has 6 nitrogen and oxygen atoms in total. The van der Waals surface area contributed by atoms with Crippen molar-refractivity contribution in [3.05, 3.63) is 40.3 Å². The van der Waals surface area contributed by atoms with Gasteiger partial charge in [0, 0.05) is 49.7 Å². The summed E-state index contributed by atoms with van der Waals surface area (Å²) < 4.78 is 10.8. The average molecular weight is 518 g/mol. The van der Waals surface area contributed by atoms with Gasteiger partial charge in [-0.25, -0.2) is 4.98 Å². The van der Waals surface area contributed by atoms with Gasteiger partial charge in [0.15, 0.2) is 5.96 Å². The van der Waals surface area contributed by atoms with E-state index in [1.54, 1.807) is 25.5 Å². The van der Waals surface area contributed by atoms with E-state index in [1.165, 1.54) is 0 Å². The molecule has 0 fully saturated rings. The number of rotatable bonds is 8. The Bertz CT molecular complexity index is 744. The van der Waals surface area contributed by atoms with Crippen molar-refractivity contribution in [3.8, 4) is 5.75 Å². The van der Waals surface area contributed by atoms with E-state index in [1.807, 2.05) is 24.3 Å². The summed E-state index contributed by atoms with van der Waals surface area (Å²) >= 11 is 1.70. The number of nitrogens with zero attached hydrogens (tertiary/aromatic N) is 2. The molecule has 1 aromatic heterocycles. The predicted molar refractivity (Wildman–Crippen MR) is 128 cm³/mol. The molecular weight excluding hydrogens is 487 g/mol. The highest BCUT2D eigenvalue weighted by atomic mass is 127. The lowest BCUT2D eigenvalue weighted by Crippen LogP contribution is -2.30. The maximum Gasteiger partial charge on any atom is 0.195 e. The summed E-state index contributed by atoms with van der Waals surface area (Å²) in [6.45, 7) is 8.47. The zero-order valence-electron chi connectivity index (χ0n) is 17.2. The van der Waals surface area contributed by atoms with Crippen LogP contribution in [-0.4, -0.2) is 38.3 Å². The first-order valence-corrected chi connectivity index (χ1v) is 9.94. The number of hydrogen-bond donors (Lipinski definition) is 2. The van der Waals surface area contributed by atoms with E-state index in [-0.39, 0.29) is 29.4 Å². The molecule has 0 aliphatic heterocycles. The Kier molecular flexibility index (Phi) is 10.8. The minimum Gasteiger partial charge on any atom is -0.493 e. The summed E-state index contributed by atoms with van der Waals surface area (Å²) in [6, 6.07) is 7.84. The molecule has 2 rings (SSSR count). The molecule has 0 bridgehead atoms. The Balaban J connectivity index is 0.00000392. The van der Waals surface area contributed by atoms with Gasteiger partial charge in [0.05, 0.1) is 23.9 Å². The van der Waals surface area contributed by atoms with Crippen molar-refractivity contribution in [3.63, 3.8) is 0 Å². The zero-order chi connectivity index (χ0) is 19.7. The molecule has 0 amide bonds. The van der Waals surface area contributed by atoms with Gasteiger partial charge in [0.1, 0.15) is 5.75 Å². The topological polar surface area (TPSA) is 67.8 Å². The largest absolute Gasteiger partial charge is 0.493 e. The van der Waals surface area contributed by atoms with E-state index >= 15 is 0 Å². The fourth-order valence-electron chi connectivity index (χ4n) is 2.28. The second-order valence-electron chi connectivity index (χ2n) is 7.17. The zero-order valence-corrected chi connectivity index (χ0v) is 20.4. The molecule has 1 heterocycles. The molecule has 0 atom stereocenters. The van der Waals surface area contributed by atoms with Gasteiger partial charge in [-0.05, 0) is 12.1 Å². The lowest BCUT2D eigenvalue weighted by atomic mass is 9.98. The SMILES string of the molecule is CN=C(NCc1csc(C(C)(C)C)n1)Nc1cccc(OCCCOC)c1.I. The maximum atomic E-state index is 5.74. The highest BCUT2D eigenvalue weighted by Gasteiger charge is 2.17. The molecule has 0 saturated carbocycles. The minimum atomic E-state index is 0. The van der Waals surface area contributed by atoms with Crippen LogP contribution in [0.3, 0.4) is 0 Å². The first-order valence-electron chi connectivity index (χ1n) is 9.06. The smallest absolute Gasteiger partial charge is 0.195 e. The van der Waals surface area contributed by atoms with E-state index < -0.39 is 0 Å². The summed E-state index contributed by atoms with van der Waals surface area (Å²) in [4.78, 5) is 8.98. The minimum absolute atomic E-state index is 0. The number of ether oxygens (including phenoxy) is 2.